The first-order chi connectivity index (χ1) is 4.31. The van der Waals surface area contributed by atoms with Crippen LogP contribution in [0.3, 0.4) is 0 Å². The lowest BCUT2D eigenvalue weighted by Crippen LogP contribution is -2.14. The fraction of sp³-hybridized carbons (Fsp3) is 0.286. The molecule has 0 aliphatic carbocycles. The number of amides is 1. The molecule has 0 saturated carbocycles. The SMILES string of the molecule is CC#CNC(=O)C#CC. The summed E-state index contributed by atoms with van der Waals surface area (Å²) < 4.78 is 0. The average molecular weight is 121 g/mol. The van der Waals surface area contributed by atoms with E-state index in [-0.39, 0.29) is 5.91 Å². The predicted molar refractivity (Wildman–Crippen MR) is 35.0 cm³/mol. The highest BCUT2D eigenvalue weighted by atomic mass is 16.1. The Kier molecular flexibility index (Phi) is 4.00. The van der Waals surface area contributed by atoms with Crippen LogP contribution in [-0.2, 0) is 4.79 Å². The third-order valence-corrected chi connectivity index (χ3v) is 0.540. The number of carbonyl (C=O) groups excluding carboxylic acids is 1. The van der Waals surface area contributed by atoms with Crippen LogP contribution in [0.2, 0.25) is 0 Å². The zero-order valence-electron chi connectivity index (χ0n) is 5.41. The molecule has 0 aliphatic heterocycles. The van der Waals surface area contributed by atoms with Crippen LogP contribution in [0.1, 0.15) is 13.8 Å². The molecule has 0 aromatic rings. The van der Waals surface area contributed by atoms with Crippen molar-refractivity contribution in [1.29, 1.82) is 0 Å². The first-order valence-electron chi connectivity index (χ1n) is 2.45. The Hall–Kier alpha value is -1.41. The van der Waals surface area contributed by atoms with Crippen molar-refractivity contribution in [3.63, 3.8) is 0 Å². The molecule has 0 aromatic heterocycles. The summed E-state index contributed by atoms with van der Waals surface area (Å²) in [5.41, 5.74) is 0. The van der Waals surface area contributed by atoms with Gasteiger partial charge in [0.05, 0.1) is 0 Å². The van der Waals surface area contributed by atoms with Gasteiger partial charge in [-0.15, -0.1) is 0 Å². The maximum atomic E-state index is 10.4. The minimum absolute atomic E-state index is 0.355. The average Bonchev–Trinajstić information content (AvgIpc) is 1.85. The molecule has 0 atom stereocenters. The van der Waals surface area contributed by atoms with Crippen LogP contribution >= 0.6 is 0 Å². The third kappa shape index (κ3) is 4.44. The minimum Gasteiger partial charge on any atom is -0.274 e. The van der Waals surface area contributed by atoms with Gasteiger partial charge in [0.25, 0.3) is 0 Å². The van der Waals surface area contributed by atoms with E-state index >= 15 is 0 Å². The zero-order chi connectivity index (χ0) is 7.11. The lowest BCUT2D eigenvalue weighted by Gasteiger charge is -1.81. The summed E-state index contributed by atoms with van der Waals surface area (Å²) in [5, 5.41) is 2.26. The van der Waals surface area contributed by atoms with E-state index < -0.39 is 0 Å². The van der Waals surface area contributed by atoms with Gasteiger partial charge in [0.15, 0.2) is 0 Å². The molecule has 2 nitrogen and oxygen atoms in total. The van der Waals surface area contributed by atoms with E-state index in [9.17, 15) is 4.79 Å². The molecule has 0 bridgehead atoms. The van der Waals surface area contributed by atoms with Gasteiger partial charge in [-0.05, 0) is 19.8 Å². The van der Waals surface area contributed by atoms with Gasteiger partial charge in [0, 0.05) is 6.04 Å². The molecule has 0 heterocycles. The van der Waals surface area contributed by atoms with Gasteiger partial charge in [-0.25, -0.2) is 0 Å². The maximum Gasteiger partial charge on any atom is 0.307 e. The number of hydrogen-bond acceptors (Lipinski definition) is 1. The molecule has 0 radical (unpaired) electrons. The maximum absolute atomic E-state index is 10.4. The molecule has 0 fully saturated rings. The minimum atomic E-state index is -0.355. The van der Waals surface area contributed by atoms with Crippen molar-refractivity contribution in [3.8, 4) is 23.8 Å². The fourth-order valence-corrected chi connectivity index (χ4v) is 0.264. The summed E-state index contributed by atoms with van der Waals surface area (Å²) >= 11 is 0. The van der Waals surface area contributed by atoms with E-state index in [2.05, 4.69) is 29.1 Å². The molecule has 0 aromatic carbocycles. The molecular formula is C7H7NO. The van der Waals surface area contributed by atoms with Crippen molar-refractivity contribution in [2.75, 3.05) is 0 Å². The summed E-state index contributed by atoms with van der Waals surface area (Å²) in [6.45, 7) is 3.23. The van der Waals surface area contributed by atoms with Gasteiger partial charge in [-0.2, -0.15) is 0 Å². The van der Waals surface area contributed by atoms with E-state index in [0.29, 0.717) is 0 Å². The van der Waals surface area contributed by atoms with Crippen LogP contribution in [0.5, 0.6) is 0 Å². The largest absolute Gasteiger partial charge is 0.307 e. The lowest BCUT2D eigenvalue weighted by atomic mass is 10.6. The molecule has 9 heavy (non-hydrogen) atoms. The standard InChI is InChI=1S/C7H7NO/c1-3-5-7(9)8-6-4-2/h1-2H3,(H,8,9). The number of nitrogens with one attached hydrogen (secondary N) is 1. The first kappa shape index (κ1) is 7.59. The Morgan fingerprint density at radius 3 is 2.44 bits per heavy atom. The van der Waals surface area contributed by atoms with Gasteiger partial charge < -0.3 is 0 Å². The highest BCUT2D eigenvalue weighted by Gasteiger charge is 1.84. The third-order valence-electron chi connectivity index (χ3n) is 0.540. The summed E-state index contributed by atoms with van der Waals surface area (Å²) in [6, 6.07) is 2.38. The summed E-state index contributed by atoms with van der Waals surface area (Å²) in [7, 11) is 0. The van der Waals surface area contributed by atoms with Crippen molar-refractivity contribution in [2.24, 2.45) is 0 Å². The highest BCUT2D eigenvalue weighted by Crippen LogP contribution is 1.57. The second kappa shape index (κ2) is 4.74. The molecule has 0 aliphatic rings. The van der Waals surface area contributed by atoms with Crippen molar-refractivity contribution < 1.29 is 4.79 Å². The Morgan fingerprint density at radius 1 is 1.33 bits per heavy atom. The van der Waals surface area contributed by atoms with Crippen LogP contribution in [0.25, 0.3) is 0 Å². The summed E-state index contributed by atoms with van der Waals surface area (Å²) in [4.78, 5) is 10.4. The smallest absolute Gasteiger partial charge is 0.274 e. The first-order valence-corrected chi connectivity index (χ1v) is 2.45. The molecule has 0 rings (SSSR count). The fourth-order valence-electron chi connectivity index (χ4n) is 0.264. The van der Waals surface area contributed by atoms with Crippen LogP contribution in [-0.4, -0.2) is 5.91 Å². The second-order valence-electron chi connectivity index (χ2n) is 1.20. The molecule has 46 valence electrons. The summed E-state index contributed by atoms with van der Waals surface area (Å²) in [6.07, 6.45) is 0. The summed E-state index contributed by atoms with van der Waals surface area (Å²) in [5.74, 6) is 6.88. The van der Waals surface area contributed by atoms with E-state index in [4.69, 9.17) is 0 Å². The lowest BCUT2D eigenvalue weighted by molar-refractivity contribution is -0.114. The predicted octanol–water partition coefficient (Wildman–Crippen LogP) is 0.107. The van der Waals surface area contributed by atoms with Crippen LogP contribution in [0, 0.1) is 23.8 Å². The quantitative estimate of drug-likeness (QED) is 0.357. The van der Waals surface area contributed by atoms with Gasteiger partial charge in [0.2, 0.25) is 0 Å². The van der Waals surface area contributed by atoms with E-state index in [1.165, 1.54) is 0 Å². The van der Waals surface area contributed by atoms with Crippen molar-refractivity contribution in [1.82, 2.24) is 5.32 Å². The molecule has 0 spiro atoms. The Morgan fingerprint density at radius 2 is 2.00 bits per heavy atom. The molecule has 0 unspecified atom stereocenters. The Balaban J connectivity index is 3.69. The number of carbonyl (C=O) groups is 1. The van der Waals surface area contributed by atoms with Crippen LogP contribution < -0.4 is 5.32 Å². The van der Waals surface area contributed by atoms with Crippen molar-refractivity contribution in [2.45, 2.75) is 13.8 Å². The second-order valence-corrected chi connectivity index (χ2v) is 1.20. The van der Waals surface area contributed by atoms with E-state index in [1.54, 1.807) is 13.8 Å². The molecule has 1 amide bonds. The number of hydrogen-bond donors (Lipinski definition) is 1. The monoisotopic (exact) mass is 121 g/mol. The normalized spacial score (nSPS) is 5.56. The molecular weight excluding hydrogens is 114 g/mol. The van der Waals surface area contributed by atoms with Gasteiger partial charge in [-0.1, -0.05) is 11.8 Å². The molecule has 0 saturated heterocycles. The van der Waals surface area contributed by atoms with Crippen LogP contribution in [0.4, 0.5) is 0 Å². The van der Waals surface area contributed by atoms with Crippen LogP contribution in [0.15, 0.2) is 0 Å². The topological polar surface area (TPSA) is 29.1 Å². The Bertz CT molecular complexity index is 209. The van der Waals surface area contributed by atoms with Gasteiger partial charge in [-0.3, -0.25) is 10.1 Å². The Labute approximate surface area is 54.6 Å². The van der Waals surface area contributed by atoms with Crippen molar-refractivity contribution in [3.05, 3.63) is 0 Å². The van der Waals surface area contributed by atoms with E-state index in [0.717, 1.165) is 0 Å². The zero-order valence-corrected chi connectivity index (χ0v) is 5.41. The molecule has 2 heteroatoms. The van der Waals surface area contributed by atoms with Gasteiger partial charge in [0.1, 0.15) is 0 Å². The highest BCUT2D eigenvalue weighted by molar-refractivity contribution is 5.94. The molecule has 1 N–H and O–H groups in total. The number of rotatable bonds is 0. The van der Waals surface area contributed by atoms with Crippen molar-refractivity contribution >= 4 is 5.91 Å². The van der Waals surface area contributed by atoms with E-state index in [1.807, 2.05) is 0 Å². The van der Waals surface area contributed by atoms with Gasteiger partial charge >= 0.3 is 5.91 Å².